The fraction of sp³-hybridized carbons (Fsp3) is 0.281. The molecular weight excluding hydrogens is 536 g/mol. The number of nitrogens with two attached hydrogens (primary N) is 1. The minimum Gasteiger partial charge on any atom is -0.491 e. The Hall–Kier alpha value is -4.05. The van der Waals surface area contributed by atoms with E-state index in [4.69, 9.17) is 20.2 Å². The topological polar surface area (TPSA) is 98.0 Å². The molecule has 2 amide bonds. The van der Waals surface area contributed by atoms with Crippen molar-refractivity contribution in [2.45, 2.75) is 27.2 Å². The van der Waals surface area contributed by atoms with Gasteiger partial charge in [-0.1, -0.05) is 30.3 Å². The van der Waals surface area contributed by atoms with Crippen LogP contribution in [0.25, 0.3) is 11.3 Å². The third-order valence-corrected chi connectivity index (χ3v) is 7.95. The molecule has 1 aliphatic heterocycles. The zero-order chi connectivity index (χ0) is 28.9. The van der Waals surface area contributed by atoms with E-state index >= 15 is 0 Å². The Kier molecular flexibility index (Phi) is 8.78. The van der Waals surface area contributed by atoms with Crippen molar-refractivity contribution in [3.63, 3.8) is 0 Å². The molecule has 0 unspecified atom stereocenters. The van der Waals surface area contributed by atoms with Gasteiger partial charge in [0.05, 0.1) is 24.6 Å². The van der Waals surface area contributed by atoms with Crippen LogP contribution in [0, 0.1) is 13.8 Å². The van der Waals surface area contributed by atoms with Gasteiger partial charge in [-0.2, -0.15) is 0 Å². The molecule has 4 aromatic rings. The highest BCUT2D eigenvalue weighted by molar-refractivity contribution is 7.16. The van der Waals surface area contributed by atoms with Crippen molar-refractivity contribution in [1.29, 1.82) is 0 Å². The van der Waals surface area contributed by atoms with Crippen LogP contribution in [0.5, 0.6) is 5.75 Å². The van der Waals surface area contributed by atoms with E-state index in [2.05, 4.69) is 6.07 Å². The van der Waals surface area contributed by atoms with Crippen LogP contribution in [0.3, 0.4) is 0 Å². The monoisotopic (exact) mass is 570 g/mol. The summed E-state index contributed by atoms with van der Waals surface area (Å²) >= 11 is 1.47. The smallest absolute Gasteiger partial charge is 0.258 e. The third-order valence-electron chi connectivity index (χ3n) is 6.99. The number of hydrogen-bond acceptors (Lipinski definition) is 7. The van der Waals surface area contributed by atoms with Gasteiger partial charge in [0.25, 0.3) is 5.91 Å². The van der Waals surface area contributed by atoms with Crippen molar-refractivity contribution in [3.8, 4) is 17.0 Å². The number of aromatic nitrogens is 1. The highest BCUT2D eigenvalue weighted by Crippen LogP contribution is 2.39. The summed E-state index contributed by atoms with van der Waals surface area (Å²) in [6, 6.07) is 21.2. The summed E-state index contributed by atoms with van der Waals surface area (Å²) in [7, 11) is 0. The van der Waals surface area contributed by atoms with Crippen LogP contribution in [0.1, 0.15) is 33.3 Å². The molecule has 8 nitrogen and oxygen atoms in total. The second kappa shape index (κ2) is 12.6. The summed E-state index contributed by atoms with van der Waals surface area (Å²) in [5.74, 6) is 0.517. The summed E-state index contributed by atoms with van der Waals surface area (Å²) in [4.78, 5) is 35.5. The van der Waals surface area contributed by atoms with Crippen molar-refractivity contribution in [1.82, 2.24) is 4.98 Å². The molecule has 1 aromatic heterocycles. The van der Waals surface area contributed by atoms with Gasteiger partial charge in [0.1, 0.15) is 12.4 Å². The second-order valence-corrected chi connectivity index (χ2v) is 11.0. The molecule has 0 radical (unpaired) electrons. The van der Waals surface area contributed by atoms with E-state index in [1.807, 2.05) is 79.4 Å². The number of ether oxygens (including phenoxy) is 2. The van der Waals surface area contributed by atoms with Crippen LogP contribution in [0.2, 0.25) is 0 Å². The molecule has 0 aliphatic carbocycles. The lowest BCUT2D eigenvalue weighted by Gasteiger charge is -2.19. The first-order valence-corrected chi connectivity index (χ1v) is 14.5. The lowest BCUT2D eigenvalue weighted by atomic mass is 10.0. The van der Waals surface area contributed by atoms with Crippen LogP contribution in [-0.2, 0) is 16.0 Å². The number of anilines is 3. The predicted molar refractivity (Wildman–Crippen MR) is 163 cm³/mol. The fourth-order valence-corrected chi connectivity index (χ4v) is 6.00. The quantitative estimate of drug-likeness (QED) is 0.247. The molecule has 2 N–H and O–H groups in total. The van der Waals surface area contributed by atoms with E-state index < -0.39 is 0 Å². The molecule has 2 heterocycles. The molecule has 0 saturated carbocycles. The Morgan fingerprint density at radius 2 is 1.85 bits per heavy atom. The van der Waals surface area contributed by atoms with Crippen molar-refractivity contribution >= 4 is 39.7 Å². The highest BCUT2D eigenvalue weighted by atomic mass is 32.1. The van der Waals surface area contributed by atoms with Crippen molar-refractivity contribution in [2.24, 2.45) is 5.73 Å². The van der Waals surface area contributed by atoms with Crippen molar-refractivity contribution in [3.05, 3.63) is 88.3 Å². The maximum Gasteiger partial charge on any atom is 0.258 e. The molecule has 5 rings (SSSR count). The van der Waals surface area contributed by atoms with Crippen LogP contribution in [-0.4, -0.2) is 49.7 Å². The number of benzene rings is 3. The van der Waals surface area contributed by atoms with E-state index in [1.165, 1.54) is 18.3 Å². The zero-order valence-electron chi connectivity index (χ0n) is 23.6. The first-order chi connectivity index (χ1) is 19.9. The lowest BCUT2D eigenvalue weighted by Crippen LogP contribution is -2.29. The number of fused-ring (bicyclic) bond motifs is 1. The fourth-order valence-electron chi connectivity index (χ4n) is 5.01. The Morgan fingerprint density at radius 3 is 2.63 bits per heavy atom. The highest BCUT2D eigenvalue weighted by Gasteiger charge is 2.27. The van der Waals surface area contributed by atoms with E-state index in [-0.39, 0.29) is 11.8 Å². The summed E-state index contributed by atoms with van der Waals surface area (Å²) in [5.41, 5.74) is 11.7. The lowest BCUT2D eigenvalue weighted by molar-refractivity contribution is -0.115. The summed E-state index contributed by atoms with van der Waals surface area (Å²) in [6.45, 7) is 7.92. The van der Waals surface area contributed by atoms with E-state index in [0.29, 0.717) is 49.5 Å². The van der Waals surface area contributed by atoms with E-state index in [1.54, 1.807) is 4.90 Å². The first kappa shape index (κ1) is 28.5. The number of amides is 2. The van der Waals surface area contributed by atoms with Crippen LogP contribution in [0.15, 0.2) is 66.7 Å². The molecule has 3 aromatic carbocycles. The van der Waals surface area contributed by atoms with Crippen LogP contribution < -0.4 is 20.3 Å². The molecule has 0 saturated heterocycles. The molecule has 41 heavy (non-hydrogen) atoms. The minimum absolute atomic E-state index is 0.0214. The maximum absolute atomic E-state index is 13.3. The molecule has 0 spiro atoms. The molecule has 9 heteroatoms. The Balaban J connectivity index is 1.37. The van der Waals surface area contributed by atoms with Gasteiger partial charge in [-0.05, 0) is 61.7 Å². The van der Waals surface area contributed by atoms with Crippen LogP contribution in [0.4, 0.5) is 16.5 Å². The normalized spacial score (nSPS) is 12.3. The number of hydrogen-bond donors (Lipinski definition) is 1. The maximum atomic E-state index is 13.3. The summed E-state index contributed by atoms with van der Waals surface area (Å²) < 4.78 is 11.2. The van der Waals surface area contributed by atoms with Crippen molar-refractivity contribution < 1.29 is 19.1 Å². The standard InChI is InChI=1S/C32H34N4O4S/c1-21-7-4-5-10-28(21)31(38)35-15-13-24-19-25(11-12-29(24)35)30-22(2)41-32(34-30)36(23(3)37)26-8-6-9-27(20-26)40-18-17-39-16-14-33/h4-12,19-20H,13-18,33H2,1-3H3. The molecule has 0 bridgehead atoms. The molecular formula is C32H34N4O4S. The van der Waals surface area contributed by atoms with E-state index in [0.717, 1.165) is 44.9 Å². The number of carbonyl (C=O) groups is 2. The largest absolute Gasteiger partial charge is 0.491 e. The number of aryl methyl sites for hydroxylation is 2. The van der Waals surface area contributed by atoms with Crippen molar-refractivity contribution in [2.75, 3.05) is 42.7 Å². The molecule has 1 aliphatic rings. The number of thiazole rings is 1. The molecule has 0 fully saturated rings. The second-order valence-electron chi connectivity index (χ2n) is 9.87. The zero-order valence-corrected chi connectivity index (χ0v) is 24.4. The average Bonchev–Trinajstić information content (AvgIpc) is 3.56. The van der Waals surface area contributed by atoms with E-state index in [9.17, 15) is 9.59 Å². The Bertz CT molecular complexity index is 1570. The predicted octanol–water partition coefficient (Wildman–Crippen LogP) is 5.67. The number of carbonyl (C=O) groups excluding carboxylic acids is 2. The average molecular weight is 571 g/mol. The number of rotatable bonds is 10. The summed E-state index contributed by atoms with van der Waals surface area (Å²) in [5, 5.41) is 0.588. The van der Waals surface area contributed by atoms with Gasteiger partial charge in [0.15, 0.2) is 5.13 Å². The minimum atomic E-state index is -0.145. The van der Waals surface area contributed by atoms with Gasteiger partial charge in [0.2, 0.25) is 5.91 Å². The van der Waals surface area contributed by atoms with Gasteiger partial charge in [-0.15, -0.1) is 11.3 Å². The van der Waals surface area contributed by atoms with Crippen LogP contribution >= 0.6 is 11.3 Å². The Morgan fingerprint density at radius 1 is 1.02 bits per heavy atom. The first-order valence-electron chi connectivity index (χ1n) is 13.7. The summed E-state index contributed by atoms with van der Waals surface area (Å²) in [6.07, 6.45) is 0.778. The molecule has 0 atom stereocenters. The van der Waals surface area contributed by atoms with Gasteiger partial charge in [0, 0.05) is 47.8 Å². The SMILES string of the molecule is CC(=O)N(c1cccc(OCCOCCN)c1)c1nc(-c2ccc3c(c2)CCN3C(=O)c2ccccc2C)c(C)s1. The molecule has 212 valence electrons. The number of nitrogens with zero attached hydrogens (tertiary/aromatic N) is 3. The third kappa shape index (κ3) is 6.17. The van der Waals surface area contributed by atoms with Gasteiger partial charge >= 0.3 is 0 Å². The van der Waals surface area contributed by atoms with Gasteiger partial charge in [-0.25, -0.2) is 4.98 Å². The van der Waals surface area contributed by atoms with Gasteiger partial charge < -0.3 is 20.1 Å². The Labute approximate surface area is 244 Å². The van der Waals surface area contributed by atoms with Gasteiger partial charge in [-0.3, -0.25) is 14.5 Å².